The van der Waals surface area contributed by atoms with E-state index in [9.17, 15) is 27.9 Å². The molecule has 8 nitrogen and oxygen atoms in total. The summed E-state index contributed by atoms with van der Waals surface area (Å²) in [5.74, 6) is -1.46. The molecular weight excluding hydrogens is 419 g/mol. The number of alkyl halides is 3. The summed E-state index contributed by atoms with van der Waals surface area (Å²) in [6.45, 7) is 0. The van der Waals surface area contributed by atoms with Crippen LogP contribution in [0.5, 0.6) is 5.88 Å². The maximum Gasteiger partial charge on any atom is 0.445 e. The van der Waals surface area contributed by atoms with Crippen LogP contribution in [-0.2, 0) is 11.0 Å². The molecule has 2 aromatic heterocycles. The van der Waals surface area contributed by atoms with Gasteiger partial charge in [0, 0.05) is 0 Å². The van der Waals surface area contributed by atoms with Crippen LogP contribution in [0.1, 0.15) is 5.01 Å². The number of carbonyl (C=O) groups is 1. The monoisotopic (exact) mass is 429 g/mol. The molecule has 0 aliphatic carbocycles. The molecule has 0 radical (unpaired) electrons. The van der Waals surface area contributed by atoms with Crippen LogP contribution in [0.3, 0.4) is 0 Å². The number of nitrogens with zero attached hydrogens (tertiary/aromatic N) is 3. The number of rotatable bonds is 5. The fourth-order valence-electron chi connectivity index (χ4n) is 2.05. The quantitative estimate of drug-likeness (QED) is 0.421. The number of benzene rings is 1. The Morgan fingerprint density at radius 2 is 1.96 bits per heavy atom. The fraction of sp³-hybridized carbons (Fsp3) is 0.133. The molecule has 28 heavy (non-hydrogen) atoms. The summed E-state index contributed by atoms with van der Waals surface area (Å²) in [4.78, 5) is 30.3. The standard InChI is InChI=1S/C15H10F3N5O3S2/c16-15(17,18)12-22-23-14(28-12)19-8(24)6-27-13-20-10(25)9(11(26)21-13)7-4-2-1-3-5-7/h1-5H,6H2,(H,19,23,24)(H2,20,21,25,26). The summed E-state index contributed by atoms with van der Waals surface area (Å²) < 4.78 is 37.4. The number of hydrogen-bond acceptors (Lipinski definition) is 8. The molecular formula is C15H10F3N5O3S2. The van der Waals surface area contributed by atoms with Gasteiger partial charge in [-0.2, -0.15) is 18.2 Å². The van der Waals surface area contributed by atoms with Crippen LogP contribution in [0, 0.1) is 0 Å². The van der Waals surface area contributed by atoms with Gasteiger partial charge in [0.2, 0.25) is 21.9 Å². The molecule has 13 heteroatoms. The zero-order valence-corrected chi connectivity index (χ0v) is 15.3. The Labute approximate surface area is 162 Å². The number of aromatic amines is 1. The number of H-pyrrole nitrogens is 1. The Balaban J connectivity index is 1.65. The van der Waals surface area contributed by atoms with Gasteiger partial charge in [0.05, 0.1) is 5.75 Å². The van der Waals surface area contributed by atoms with Crippen molar-refractivity contribution >= 4 is 34.1 Å². The minimum atomic E-state index is -4.64. The van der Waals surface area contributed by atoms with Crippen LogP contribution in [-0.4, -0.2) is 36.9 Å². The van der Waals surface area contributed by atoms with Crippen molar-refractivity contribution in [1.29, 1.82) is 0 Å². The Morgan fingerprint density at radius 1 is 1.25 bits per heavy atom. The molecule has 3 aromatic rings. The van der Waals surface area contributed by atoms with Gasteiger partial charge in [-0.15, -0.1) is 10.2 Å². The van der Waals surface area contributed by atoms with Crippen LogP contribution in [0.4, 0.5) is 18.3 Å². The van der Waals surface area contributed by atoms with E-state index in [1.165, 1.54) is 0 Å². The second-order valence-corrected chi connectivity index (χ2v) is 7.12. The van der Waals surface area contributed by atoms with E-state index in [4.69, 9.17) is 0 Å². The summed E-state index contributed by atoms with van der Waals surface area (Å²) in [6.07, 6.45) is -4.64. The van der Waals surface area contributed by atoms with Crippen molar-refractivity contribution in [3.8, 4) is 17.0 Å². The van der Waals surface area contributed by atoms with E-state index >= 15 is 0 Å². The molecule has 0 unspecified atom stereocenters. The van der Waals surface area contributed by atoms with Crippen LogP contribution in [0.15, 0.2) is 40.3 Å². The molecule has 146 valence electrons. The first kappa shape index (κ1) is 19.8. The summed E-state index contributed by atoms with van der Waals surface area (Å²) in [5, 5.41) is 16.9. The third kappa shape index (κ3) is 4.67. The lowest BCUT2D eigenvalue weighted by Gasteiger charge is -2.06. The highest BCUT2D eigenvalue weighted by molar-refractivity contribution is 7.99. The first-order valence-corrected chi connectivity index (χ1v) is 9.26. The van der Waals surface area contributed by atoms with E-state index < -0.39 is 28.5 Å². The maximum atomic E-state index is 12.5. The third-order valence-corrected chi connectivity index (χ3v) is 4.95. The largest absolute Gasteiger partial charge is 0.493 e. The maximum absolute atomic E-state index is 12.5. The average molecular weight is 429 g/mol. The van der Waals surface area contributed by atoms with E-state index in [2.05, 4.69) is 25.5 Å². The van der Waals surface area contributed by atoms with Gasteiger partial charge in [0.1, 0.15) is 5.56 Å². The summed E-state index contributed by atoms with van der Waals surface area (Å²) in [5.41, 5.74) is -0.136. The van der Waals surface area contributed by atoms with Gasteiger partial charge >= 0.3 is 6.18 Å². The summed E-state index contributed by atoms with van der Waals surface area (Å²) in [7, 11) is 0. The molecule has 0 saturated heterocycles. The number of aromatic nitrogens is 4. The molecule has 2 heterocycles. The topological polar surface area (TPSA) is 121 Å². The predicted molar refractivity (Wildman–Crippen MR) is 96.2 cm³/mol. The first-order valence-electron chi connectivity index (χ1n) is 7.46. The average Bonchev–Trinajstić information content (AvgIpc) is 3.09. The Hall–Kier alpha value is -2.93. The fourth-order valence-corrected chi connectivity index (χ4v) is 3.34. The number of carbonyl (C=O) groups excluding carboxylic acids is 1. The molecule has 3 N–H and O–H groups in total. The van der Waals surface area contributed by atoms with Crippen molar-refractivity contribution in [2.24, 2.45) is 0 Å². The number of amides is 1. The van der Waals surface area contributed by atoms with Crippen molar-refractivity contribution < 1.29 is 23.1 Å². The zero-order chi connectivity index (χ0) is 20.3. The Bertz CT molecular complexity index is 1050. The van der Waals surface area contributed by atoms with Crippen LogP contribution in [0.2, 0.25) is 0 Å². The molecule has 1 amide bonds. The molecule has 0 fully saturated rings. The second-order valence-electron chi connectivity index (χ2n) is 5.18. The van der Waals surface area contributed by atoms with Crippen LogP contribution >= 0.6 is 23.1 Å². The molecule has 0 atom stereocenters. The Morgan fingerprint density at radius 3 is 2.57 bits per heavy atom. The van der Waals surface area contributed by atoms with Crippen molar-refractivity contribution in [3.63, 3.8) is 0 Å². The number of aromatic hydroxyl groups is 1. The van der Waals surface area contributed by atoms with Gasteiger partial charge in [-0.05, 0) is 5.56 Å². The molecule has 0 aliphatic rings. The Kier molecular flexibility index (Phi) is 5.65. The number of halogens is 3. The van der Waals surface area contributed by atoms with Gasteiger partial charge in [-0.3, -0.25) is 14.9 Å². The normalized spacial score (nSPS) is 11.4. The molecule has 0 aliphatic heterocycles. The summed E-state index contributed by atoms with van der Waals surface area (Å²) in [6, 6.07) is 8.39. The molecule has 0 bridgehead atoms. The number of thioether (sulfide) groups is 1. The lowest BCUT2D eigenvalue weighted by atomic mass is 10.1. The van der Waals surface area contributed by atoms with Gasteiger partial charge in [-0.1, -0.05) is 53.4 Å². The van der Waals surface area contributed by atoms with Crippen LogP contribution in [0.25, 0.3) is 11.1 Å². The second kappa shape index (κ2) is 7.98. The van der Waals surface area contributed by atoms with Crippen molar-refractivity contribution in [3.05, 3.63) is 45.7 Å². The van der Waals surface area contributed by atoms with Gasteiger partial charge in [-0.25, -0.2) is 0 Å². The highest BCUT2D eigenvalue weighted by Crippen LogP contribution is 2.33. The van der Waals surface area contributed by atoms with E-state index in [1.807, 2.05) is 0 Å². The molecule has 3 rings (SSSR count). The summed E-state index contributed by atoms with van der Waals surface area (Å²) >= 11 is 0.980. The van der Waals surface area contributed by atoms with Crippen molar-refractivity contribution in [2.75, 3.05) is 11.1 Å². The third-order valence-electron chi connectivity index (χ3n) is 3.19. The van der Waals surface area contributed by atoms with Gasteiger partial charge < -0.3 is 10.1 Å². The lowest BCUT2D eigenvalue weighted by molar-refractivity contribution is -0.138. The van der Waals surface area contributed by atoms with Crippen molar-refractivity contribution in [1.82, 2.24) is 20.2 Å². The van der Waals surface area contributed by atoms with E-state index in [-0.39, 0.29) is 32.9 Å². The smallest absolute Gasteiger partial charge is 0.445 e. The minimum Gasteiger partial charge on any atom is -0.493 e. The first-order chi connectivity index (χ1) is 13.2. The van der Waals surface area contributed by atoms with Crippen LogP contribution < -0.4 is 10.9 Å². The van der Waals surface area contributed by atoms with E-state index in [1.54, 1.807) is 30.3 Å². The van der Waals surface area contributed by atoms with Crippen molar-refractivity contribution in [2.45, 2.75) is 11.3 Å². The SMILES string of the molecule is O=C(CSc1nc(O)c(-c2ccccc2)c(=O)[nH]1)Nc1nnc(C(F)(F)F)s1. The zero-order valence-electron chi connectivity index (χ0n) is 13.6. The number of hydrogen-bond donors (Lipinski definition) is 3. The highest BCUT2D eigenvalue weighted by atomic mass is 32.2. The van der Waals surface area contributed by atoms with E-state index in [0.717, 1.165) is 11.8 Å². The molecule has 0 spiro atoms. The highest BCUT2D eigenvalue weighted by Gasteiger charge is 2.35. The van der Waals surface area contributed by atoms with Gasteiger partial charge in [0.25, 0.3) is 5.56 Å². The molecule has 1 aromatic carbocycles. The van der Waals surface area contributed by atoms with E-state index in [0.29, 0.717) is 5.56 Å². The van der Waals surface area contributed by atoms with Gasteiger partial charge in [0.15, 0.2) is 5.16 Å². The molecule has 0 saturated carbocycles. The lowest BCUT2D eigenvalue weighted by Crippen LogP contribution is -2.16. The number of nitrogens with one attached hydrogen (secondary N) is 2. The number of anilines is 1. The minimum absolute atomic E-state index is 0.0112. The predicted octanol–water partition coefficient (Wildman–Crippen LogP) is 2.74.